The van der Waals surface area contributed by atoms with Crippen LogP contribution in [0.1, 0.15) is 51.4 Å². The molecule has 3 atom stereocenters. The lowest BCUT2D eigenvalue weighted by Gasteiger charge is -2.24. The maximum atomic E-state index is 2.46. The summed E-state index contributed by atoms with van der Waals surface area (Å²) >= 11 is 0. The molecule has 2 rings (SSSR count). The Labute approximate surface area is 77.5 Å². The summed E-state index contributed by atoms with van der Waals surface area (Å²) in [6, 6.07) is 0. The van der Waals surface area contributed by atoms with Crippen LogP contribution in [0, 0.1) is 11.8 Å². The quantitative estimate of drug-likeness (QED) is 0.483. The van der Waals surface area contributed by atoms with E-state index in [4.69, 9.17) is 0 Å². The van der Waals surface area contributed by atoms with Crippen molar-refractivity contribution in [3.8, 4) is 0 Å². The molecule has 3 unspecified atom stereocenters. The number of hydrogen-bond acceptors (Lipinski definition) is 0. The van der Waals surface area contributed by atoms with Crippen molar-refractivity contribution in [3.63, 3.8) is 0 Å². The lowest BCUT2D eigenvalue weighted by atomic mass is 9.72. The van der Waals surface area contributed by atoms with E-state index in [9.17, 15) is 0 Å². The van der Waals surface area contributed by atoms with Crippen LogP contribution >= 0.6 is 0 Å². The lowest BCUT2D eigenvalue weighted by Crippen LogP contribution is -2.09. The van der Waals surface area contributed by atoms with Gasteiger partial charge in [0.05, 0.1) is 0 Å². The predicted molar refractivity (Wildman–Crippen MR) is 56.2 cm³/mol. The van der Waals surface area contributed by atoms with Crippen LogP contribution < -0.4 is 0 Å². The van der Waals surface area contributed by atoms with Crippen molar-refractivity contribution in [3.05, 3.63) is 0 Å². The van der Waals surface area contributed by atoms with Gasteiger partial charge in [0, 0.05) is 0 Å². The highest BCUT2D eigenvalue weighted by Crippen LogP contribution is 2.38. The Balaban J connectivity index is 2.00. The average Bonchev–Trinajstić information content (AvgIpc) is 2.20. The maximum absolute atomic E-state index is 2.46. The molecule has 12 heavy (non-hydrogen) atoms. The molecule has 0 aromatic rings. The highest BCUT2D eigenvalue weighted by Gasteiger charge is 2.23. The first kappa shape index (κ1) is 8.65. The van der Waals surface area contributed by atoms with Gasteiger partial charge in [-0.05, 0) is 11.8 Å². The molecular weight excluding hydrogens is 143 g/mol. The summed E-state index contributed by atoms with van der Waals surface area (Å²) in [7, 11) is 2.46. The number of fused-ring (bicyclic) bond motifs is 3. The predicted octanol–water partition coefficient (Wildman–Crippen LogP) is 2.79. The fourth-order valence-corrected chi connectivity index (χ4v) is 3.19. The van der Waals surface area contributed by atoms with Crippen molar-refractivity contribution >= 4 is 7.85 Å². The van der Waals surface area contributed by atoms with E-state index in [0.717, 1.165) is 17.7 Å². The smallest absolute Gasteiger partial charge is 0.0694 e. The van der Waals surface area contributed by atoms with E-state index in [1.165, 1.54) is 25.7 Å². The highest BCUT2D eigenvalue weighted by atomic mass is 14.3. The molecule has 2 bridgehead atoms. The normalized spacial score (nSPS) is 43.2. The van der Waals surface area contributed by atoms with Crippen molar-refractivity contribution in [1.29, 1.82) is 0 Å². The Kier molecular flexibility index (Phi) is 2.78. The van der Waals surface area contributed by atoms with Gasteiger partial charge in [0.2, 0.25) is 0 Å². The first-order valence-electron chi connectivity index (χ1n) is 5.84. The second-order valence-electron chi connectivity index (χ2n) is 5.16. The van der Waals surface area contributed by atoms with Gasteiger partial charge in [-0.15, -0.1) is 0 Å². The highest BCUT2D eigenvalue weighted by molar-refractivity contribution is 6.11. The van der Waals surface area contributed by atoms with E-state index in [2.05, 4.69) is 7.85 Å². The Morgan fingerprint density at radius 1 is 0.750 bits per heavy atom. The molecule has 0 aromatic heterocycles. The Morgan fingerprint density at radius 2 is 1.42 bits per heavy atom. The fraction of sp³-hybridized carbons (Fsp3) is 1.00. The van der Waals surface area contributed by atoms with Gasteiger partial charge in [-0.2, -0.15) is 0 Å². The molecule has 0 aromatic carbocycles. The minimum Gasteiger partial charge on any atom is -0.0694 e. The van der Waals surface area contributed by atoms with Crippen molar-refractivity contribution in [1.82, 2.24) is 0 Å². The zero-order valence-electron chi connectivity index (χ0n) is 8.39. The summed E-state index contributed by atoms with van der Waals surface area (Å²) in [5, 5.41) is 0. The van der Waals surface area contributed by atoms with Crippen LogP contribution in [0.4, 0.5) is 0 Å². The molecule has 0 radical (unpaired) electrons. The second kappa shape index (κ2) is 3.85. The summed E-state index contributed by atoms with van der Waals surface area (Å²) in [4.78, 5) is 0. The van der Waals surface area contributed by atoms with E-state index in [-0.39, 0.29) is 0 Å². The molecule has 0 amide bonds. The molecule has 2 fully saturated rings. The minimum atomic E-state index is 1.02. The van der Waals surface area contributed by atoms with Crippen LogP contribution in [0.15, 0.2) is 0 Å². The number of rotatable bonds is 0. The molecule has 0 aliphatic heterocycles. The zero-order valence-corrected chi connectivity index (χ0v) is 8.39. The lowest BCUT2D eigenvalue weighted by molar-refractivity contribution is 0.343. The molecular formula is C11H21B. The first-order chi connectivity index (χ1) is 5.84. The second-order valence-corrected chi connectivity index (χ2v) is 5.16. The largest absolute Gasteiger partial charge is 0.105 e. The van der Waals surface area contributed by atoms with E-state index >= 15 is 0 Å². The fourth-order valence-electron chi connectivity index (χ4n) is 3.19. The molecule has 1 heteroatoms. The molecule has 2 aliphatic rings. The molecule has 0 N–H and O–H groups in total. The Bertz CT molecular complexity index is 144. The van der Waals surface area contributed by atoms with Crippen molar-refractivity contribution < 1.29 is 0 Å². The van der Waals surface area contributed by atoms with Gasteiger partial charge in [-0.3, -0.25) is 0 Å². The Hall–Kier alpha value is 0.0649. The van der Waals surface area contributed by atoms with Gasteiger partial charge in [0.25, 0.3) is 0 Å². The van der Waals surface area contributed by atoms with Gasteiger partial charge >= 0.3 is 0 Å². The molecule has 2 aliphatic carbocycles. The third kappa shape index (κ3) is 2.05. The van der Waals surface area contributed by atoms with E-state index in [0.29, 0.717) is 0 Å². The van der Waals surface area contributed by atoms with E-state index < -0.39 is 0 Å². The molecule has 0 saturated heterocycles. The van der Waals surface area contributed by atoms with Gasteiger partial charge < -0.3 is 0 Å². The molecule has 68 valence electrons. The van der Waals surface area contributed by atoms with E-state index in [1.807, 2.05) is 0 Å². The summed E-state index contributed by atoms with van der Waals surface area (Å²) in [6.45, 7) is 0. The Morgan fingerprint density at radius 3 is 2.33 bits per heavy atom. The van der Waals surface area contributed by atoms with Crippen molar-refractivity contribution in [2.45, 2.75) is 57.2 Å². The summed E-state index contributed by atoms with van der Waals surface area (Å²) in [6.07, 6.45) is 12.3. The van der Waals surface area contributed by atoms with Crippen LogP contribution in [0.5, 0.6) is 0 Å². The third-order valence-corrected chi connectivity index (χ3v) is 4.01. The minimum absolute atomic E-state index is 1.02. The standard InChI is InChI=1S/C11H21B/c12-11-7-6-9-2-1-3-10(8-11)5-4-9/h9-11H,1-8,12H2. The summed E-state index contributed by atoms with van der Waals surface area (Å²) < 4.78 is 0. The molecule has 2 saturated carbocycles. The molecule has 0 spiro atoms. The van der Waals surface area contributed by atoms with Crippen molar-refractivity contribution in [2.24, 2.45) is 11.8 Å². The van der Waals surface area contributed by atoms with Gasteiger partial charge in [0.15, 0.2) is 0 Å². The van der Waals surface area contributed by atoms with Crippen LogP contribution in [-0.4, -0.2) is 7.85 Å². The zero-order chi connectivity index (χ0) is 8.39. The SMILES string of the molecule is BC1CCC2CCCC(CC2)C1. The monoisotopic (exact) mass is 164 g/mol. The average molecular weight is 164 g/mol. The summed E-state index contributed by atoms with van der Waals surface area (Å²) in [5.41, 5.74) is 0. The summed E-state index contributed by atoms with van der Waals surface area (Å²) in [5.74, 6) is 3.24. The van der Waals surface area contributed by atoms with Gasteiger partial charge in [-0.1, -0.05) is 57.2 Å². The number of hydrogen-bond donors (Lipinski definition) is 0. The van der Waals surface area contributed by atoms with Crippen LogP contribution in [0.2, 0.25) is 5.82 Å². The maximum Gasteiger partial charge on any atom is 0.105 e. The molecule has 0 heterocycles. The molecule has 0 nitrogen and oxygen atoms in total. The van der Waals surface area contributed by atoms with Gasteiger partial charge in [0.1, 0.15) is 7.85 Å². The van der Waals surface area contributed by atoms with Gasteiger partial charge in [-0.25, -0.2) is 0 Å². The van der Waals surface area contributed by atoms with Crippen LogP contribution in [0.3, 0.4) is 0 Å². The van der Waals surface area contributed by atoms with Crippen LogP contribution in [-0.2, 0) is 0 Å². The topological polar surface area (TPSA) is 0 Å². The van der Waals surface area contributed by atoms with E-state index in [1.54, 1.807) is 25.7 Å². The van der Waals surface area contributed by atoms with Crippen LogP contribution in [0.25, 0.3) is 0 Å². The third-order valence-electron chi connectivity index (χ3n) is 4.01. The first-order valence-corrected chi connectivity index (χ1v) is 5.84. The van der Waals surface area contributed by atoms with Crippen molar-refractivity contribution in [2.75, 3.05) is 0 Å².